The maximum Gasteiger partial charge on any atom is 0.176 e. The molecule has 1 aromatic carbocycles. The van der Waals surface area contributed by atoms with E-state index in [4.69, 9.17) is 4.74 Å². The second-order valence-electron chi connectivity index (χ2n) is 6.26. The average molecular weight is 303 g/mol. The molecule has 0 spiro atoms. The lowest BCUT2D eigenvalue weighted by atomic mass is 10.1. The number of likely N-dealkylation sites (N-methyl/N-ethyl adjacent to an activating group) is 1. The predicted octanol–water partition coefficient (Wildman–Crippen LogP) is 0.857. The van der Waals surface area contributed by atoms with Crippen LogP contribution in [0.15, 0.2) is 24.3 Å². The van der Waals surface area contributed by atoms with Crippen molar-refractivity contribution in [1.82, 2.24) is 15.1 Å². The topological polar surface area (TPSA) is 44.8 Å². The summed E-state index contributed by atoms with van der Waals surface area (Å²) in [7, 11) is 2.12. The molecule has 1 aromatic rings. The Kier molecular flexibility index (Phi) is 5.08. The fourth-order valence-electron chi connectivity index (χ4n) is 2.94. The normalized spacial score (nSPS) is 23.6. The number of hydrogen-bond donors (Lipinski definition) is 1. The Hall–Kier alpha value is -1.43. The van der Waals surface area contributed by atoms with Gasteiger partial charge in [0, 0.05) is 38.3 Å². The van der Waals surface area contributed by atoms with Crippen LogP contribution in [-0.2, 0) is 0 Å². The van der Waals surface area contributed by atoms with Crippen LogP contribution in [0.2, 0.25) is 0 Å². The summed E-state index contributed by atoms with van der Waals surface area (Å²) in [5, 5.41) is 3.28. The number of Topliss-reactive ketones (excluding diaryl/α,β-unsaturated/α-hetero) is 1. The average Bonchev–Trinajstić information content (AvgIpc) is 3.03. The van der Waals surface area contributed by atoms with Gasteiger partial charge in [0.15, 0.2) is 5.78 Å². The molecule has 2 aliphatic rings. The number of piperazine rings is 1. The summed E-state index contributed by atoms with van der Waals surface area (Å²) in [4.78, 5) is 16.9. The number of nitrogens with one attached hydrogen (secondary N) is 1. The van der Waals surface area contributed by atoms with Crippen molar-refractivity contribution >= 4 is 5.78 Å². The van der Waals surface area contributed by atoms with Crippen molar-refractivity contribution in [3.05, 3.63) is 29.8 Å². The minimum Gasteiger partial charge on any atom is -0.489 e. The lowest BCUT2D eigenvalue weighted by Gasteiger charge is -2.31. The van der Waals surface area contributed by atoms with Crippen molar-refractivity contribution in [1.29, 1.82) is 0 Å². The fraction of sp³-hybridized carbons (Fsp3) is 0.588. The molecule has 0 radical (unpaired) electrons. The van der Waals surface area contributed by atoms with Gasteiger partial charge in [-0.2, -0.15) is 0 Å². The molecule has 1 atom stereocenters. The summed E-state index contributed by atoms with van der Waals surface area (Å²) >= 11 is 0. The van der Waals surface area contributed by atoms with Crippen molar-refractivity contribution in [2.45, 2.75) is 12.5 Å². The van der Waals surface area contributed by atoms with Gasteiger partial charge in [-0.05, 0) is 44.3 Å². The van der Waals surface area contributed by atoms with Gasteiger partial charge in [0.05, 0.1) is 6.54 Å². The lowest BCUT2D eigenvalue weighted by molar-refractivity contribution is 0.0876. The van der Waals surface area contributed by atoms with E-state index in [1.54, 1.807) is 0 Å². The lowest BCUT2D eigenvalue weighted by Crippen LogP contribution is -2.46. The first-order valence-corrected chi connectivity index (χ1v) is 8.12. The maximum atomic E-state index is 12.3. The van der Waals surface area contributed by atoms with Crippen LogP contribution >= 0.6 is 0 Å². The van der Waals surface area contributed by atoms with Gasteiger partial charge in [-0.3, -0.25) is 9.69 Å². The van der Waals surface area contributed by atoms with Crippen LogP contribution in [0.1, 0.15) is 16.8 Å². The fourth-order valence-corrected chi connectivity index (χ4v) is 2.94. The second kappa shape index (κ2) is 7.22. The SMILES string of the molecule is CN1CCN(CC(=O)c2ccc(OC3CCNC3)cc2)CC1. The van der Waals surface area contributed by atoms with E-state index in [2.05, 4.69) is 22.2 Å². The molecule has 2 heterocycles. The zero-order valence-corrected chi connectivity index (χ0v) is 13.3. The monoisotopic (exact) mass is 303 g/mol. The molecule has 0 aromatic heterocycles. The zero-order chi connectivity index (χ0) is 15.4. The minimum atomic E-state index is 0.193. The van der Waals surface area contributed by atoms with Gasteiger partial charge in [0.2, 0.25) is 0 Å². The number of hydrogen-bond acceptors (Lipinski definition) is 5. The van der Waals surface area contributed by atoms with Crippen molar-refractivity contribution < 1.29 is 9.53 Å². The van der Waals surface area contributed by atoms with Gasteiger partial charge in [-0.1, -0.05) is 0 Å². The largest absolute Gasteiger partial charge is 0.489 e. The van der Waals surface area contributed by atoms with Crippen LogP contribution in [0.25, 0.3) is 0 Å². The Morgan fingerprint density at radius 2 is 1.95 bits per heavy atom. The number of carbonyl (C=O) groups excluding carboxylic acids is 1. The first kappa shape index (κ1) is 15.5. The van der Waals surface area contributed by atoms with Gasteiger partial charge < -0.3 is 15.0 Å². The van der Waals surface area contributed by atoms with Crippen molar-refractivity contribution in [2.75, 3.05) is 52.9 Å². The Balaban J connectivity index is 1.51. The summed E-state index contributed by atoms with van der Waals surface area (Å²) < 4.78 is 5.88. The third-order valence-corrected chi connectivity index (χ3v) is 4.46. The van der Waals surface area contributed by atoms with E-state index >= 15 is 0 Å². The third-order valence-electron chi connectivity index (χ3n) is 4.46. The van der Waals surface area contributed by atoms with Crippen LogP contribution in [-0.4, -0.2) is 74.5 Å². The van der Waals surface area contributed by atoms with Gasteiger partial charge in [0.1, 0.15) is 11.9 Å². The first-order valence-electron chi connectivity index (χ1n) is 8.12. The number of rotatable bonds is 5. The minimum absolute atomic E-state index is 0.193. The molecule has 2 fully saturated rings. The van der Waals surface area contributed by atoms with Crippen molar-refractivity contribution in [3.8, 4) is 5.75 Å². The summed E-state index contributed by atoms with van der Waals surface area (Å²) in [5.74, 6) is 1.04. The number of nitrogens with zero attached hydrogens (tertiary/aromatic N) is 2. The van der Waals surface area contributed by atoms with E-state index in [-0.39, 0.29) is 11.9 Å². The van der Waals surface area contributed by atoms with E-state index in [0.717, 1.165) is 57.0 Å². The van der Waals surface area contributed by atoms with Crippen LogP contribution in [0.4, 0.5) is 0 Å². The maximum absolute atomic E-state index is 12.3. The molecule has 1 unspecified atom stereocenters. The van der Waals surface area contributed by atoms with E-state index in [1.165, 1.54) is 0 Å². The number of ketones is 1. The third kappa shape index (κ3) is 4.06. The molecule has 3 rings (SSSR count). The highest BCUT2D eigenvalue weighted by Gasteiger charge is 2.18. The molecular weight excluding hydrogens is 278 g/mol. The van der Waals surface area contributed by atoms with E-state index in [1.807, 2.05) is 24.3 Å². The summed E-state index contributed by atoms with van der Waals surface area (Å²) in [6.07, 6.45) is 1.30. The van der Waals surface area contributed by atoms with Crippen molar-refractivity contribution in [2.24, 2.45) is 0 Å². The standard InChI is InChI=1S/C17H25N3O2/c1-19-8-10-20(11-9-19)13-17(21)14-2-4-15(5-3-14)22-16-6-7-18-12-16/h2-5,16,18H,6-13H2,1H3. The van der Waals surface area contributed by atoms with Gasteiger partial charge in [0.25, 0.3) is 0 Å². The molecule has 0 bridgehead atoms. The van der Waals surface area contributed by atoms with Crippen LogP contribution in [0.3, 0.4) is 0 Å². The van der Waals surface area contributed by atoms with Crippen LogP contribution in [0, 0.1) is 0 Å². The highest BCUT2D eigenvalue weighted by atomic mass is 16.5. The molecule has 22 heavy (non-hydrogen) atoms. The highest BCUT2D eigenvalue weighted by Crippen LogP contribution is 2.17. The molecule has 1 N–H and O–H groups in total. The van der Waals surface area contributed by atoms with Gasteiger partial charge >= 0.3 is 0 Å². The van der Waals surface area contributed by atoms with Crippen LogP contribution < -0.4 is 10.1 Å². The number of carbonyl (C=O) groups is 1. The van der Waals surface area contributed by atoms with E-state index in [0.29, 0.717) is 6.54 Å². The molecule has 0 aliphatic carbocycles. The number of ether oxygens (including phenoxy) is 1. The molecule has 0 saturated carbocycles. The van der Waals surface area contributed by atoms with E-state index < -0.39 is 0 Å². The highest BCUT2D eigenvalue weighted by molar-refractivity contribution is 5.97. The summed E-state index contributed by atoms with van der Waals surface area (Å²) in [6.45, 7) is 6.46. The van der Waals surface area contributed by atoms with Crippen molar-refractivity contribution in [3.63, 3.8) is 0 Å². The Morgan fingerprint density at radius 3 is 2.59 bits per heavy atom. The van der Waals surface area contributed by atoms with Gasteiger partial charge in [-0.15, -0.1) is 0 Å². The molecule has 0 amide bonds. The first-order chi connectivity index (χ1) is 10.7. The zero-order valence-electron chi connectivity index (χ0n) is 13.3. The molecule has 5 nitrogen and oxygen atoms in total. The summed E-state index contributed by atoms with van der Waals surface area (Å²) in [5.41, 5.74) is 0.774. The quantitative estimate of drug-likeness (QED) is 0.817. The van der Waals surface area contributed by atoms with Gasteiger partial charge in [-0.25, -0.2) is 0 Å². The molecular formula is C17H25N3O2. The molecule has 2 saturated heterocycles. The molecule has 120 valence electrons. The molecule has 5 heteroatoms. The Morgan fingerprint density at radius 1 is 1.23 bits per heavy atom. The second-order valence-corrected chi connectivity index (χ2v) is 6.26. The smallest absolute Gasteiger partial charge is 0.176 e. The van der Waals surface area contributed by atoms with Crippen LogP contribution in [0.5, 0.6) is 5.75 Å². The molecule has 2 aliphatic heterocycles. The predicted molar refractivity (Wildman–Crippen MR) is 86.6 cm³/mol. The van der Waals surface area contributed by atoms with E-state index in [9.17, 15) is 4.79 Å². The number of benzene rings is 1. The summed E-state index contributed by atoms with van der Waals surface area (Å²) in [6, 6.07) is 7.59. The Labute approximate surface area is 132 Å². The Bertz CT molecular complexity index is 489.